The van der Waals surface area contributed by atoms with Crippen molar-refractivity contribution < 1.29 is 9.53 Å². The number of carbonyl (C=O) groups is 1. The van der Waals surface area contributed by atoms with Gasteiger partial charge in [-0.1, -0.05) is 69.1 Å². The molecule has 0 radical (unpaired) electrons. The first-order valence-electron chi connectivity index (χ1n) is 10.4. The first-order valence-corrected chi connectivity index (χ1v) is 10.4. The van der Waals surface area contributed by atoms with Gasteiger partial charge in [-0.15, -0.1) is 0 Å². The molecule has 0 amide bonds. The van der Waals surface area contributed by atoms with E-state index < -0.39 is 0 Å². The highest BCUT2D eigenvalue weighted by atomic mass is 16.5. The Labute approximate surface area is 156 Å². The predicted molar refractivity (Wildman–Crippen MR) is 110 cm³/mol. The van der Waals surface area contributed by atoms with Crippen molar-refractivity contribution in [3.8, 4) is 0 Å². The van der Waals surface area contributed by atoms with E-state index in [0.29, 0.717) is 13.0 Å². The van der Waals surface area contributed by atoms with Crippen LogP contribution < -0.4 is 0 Å². The number of carbonyl (C=O) groups excluding carboxylic acids is 1. The number of allylic oxidation sites excluding steroid dienone is 6. The Balaban J connectivity index is 3.31. The highest BCUT2D eigenvalue weighted by Gasteiger charge is 1.98. The first kappa shape index (κ1) is 23.7. The lowest BCUT2D eigenvalue weighted by molar-refractivity contribution is -0.143. The molecule has 0 aromatic carbocycles. The predicted octanol–water partition coefficient (Wildman–Crippen LogP) is 7.31. The minimum atomic E-state index is -0.0757. The van der Waals surface area contributed by atoms with E-state index in [9.17, 15) is 4.79 Å². The lowest BCUT2D eigenvalue weighted by atomic mass is 10.1. The van der Waals surface area contributed by atoms with Gasteiger partial charge < -0.3 is 4.74 Å². The number of esters is 1. The van der Waals surface area contributed by atoms with E-state index in [0.717, 1.165) is 25.7 Å². The van der Waals surface area contributed by atoms with E-state index in [2.05, 4.69) is 43.4 Å². The van der Waals surface area contributed by atoms with E-state index in [1.807, 2.05) is 6.92 Å². The summed E-state index contributed by atoms with van der Waals surface area (Å²) in [4.78, 5) is 11.2. The average Bonchev–Trinajstić information content (AvgIpc) is 2.61. The third-order valence-corrected chi connectivity index (χ3v) is 4.07. The first-order chi connectivity index (χ1) is 12.3. The molecule has 0 saturated carbocycles. The van der Waals surface area contributed by atoms with Crippen LogP contribution in [-0.4, -0.2) is 12.6 Å². The molecule has 0 atom stereocenters. The summed E-state index contributed by atoms with van der Waals surface area (Å²) in [5.74, 6) is -0.0757. The Morgan fingerprint density at radius 1 is 0.680 bits per heavy atom. The van der Waals surface area contributed by atoms with Gasteiger partial charge in [-0.2, -0.15) is 0 Å². The Kier molecular flexibility index (Phi) is 19.6. The van der Waals surface area contributed by atoms with Crippen LogP contribution in [0.2, 0.25) is 0 Å². The second-order valence-electron chi connectivity index (χ2n) is 6.51. The molecule has 2 heteroatoms. The van der Waals surface area contributed by atoms with Crippen molar-refractivity contribution in [3.63, 3.8) is 0 Å². The summed E-state index contributed by atoms with van der Waals surface area (Å²) in [5.41, 5.74) is 0. The monoisotopic (exact) mass is 348 g/mol. The van der Waals surface area contributed by atoms with E-state index in [4.69, 9.17) is 4.74 Å². The fourth-order valence-electron chi connectivity index (χ4n) is 2.57. The summed E-state index contributed by atoms with van der Waals surface area (Å²) >= 11 is 0. The smallest absolute Gasteiger partial charge is 0.305 e. The third kappa shape index (κ3) is 20.6. The fourth-order valence-corrected chi connectivity index (χ4v) is 2.57. The van der Waals surface area contributed by atoms with Gasteiger partial charge in [0.05, 0.1) is 6.61 Å². The third-order valence-electron chi connectivity index (χ3n) is 4.07. The van der Waals surface area contributed by atoms with Gasteiger partial charge in [0.15, 0.2) is 0 Å². The van der Waals surface area contributed by atoms with Crippen LogP contribution in [0, 0.1) is 0 Å². The maximum Gasteiger partial charge on any atom is 0.305 e. The van der Waals surface area contributed by atoms with Gasteiger partial charge in [0, 0.05) is 6.42 Å². The van der Waals surface area contributed by atoms with Crippen LogP contribution >= 0.6 is 0 Å². The molecule has 0 aromatic rings. The molecule has 0 aliphatic rings. The molecular weight excluding hydrogens is 308 g/mol. The summed E-state index contributed by atoms with van der Waals surface area (Å²) in [6, 6.07) is 0. The molecule has 0 unspecified atom stereocenters. The van der Waals surface area contributed by atoms with Crippen LogP contribution in [-0.2, 0) is 9.53 Å². The van der Waals surface area contributed by atoms with Crippen molar-refractivity contribution in [3.05, 3.63) is 36.5 Å². The molecule has 0 saturated heterocycles. The minimum absolute atomic E-state index is 0.0757. The van der Waals surface area contributed by atoms with E-state index in [1.165, 1.54) is 51.4 Å². The van der Waals surface area contributed by atoms with Gasteiger partial charge >= 0.3 is 5.97 Å². The molecule has 0 aliphatic heterocycles. The molecule has 0 fully saturated rings. The number of rotatable bonds is 17. The summed E-state index contributed by atoms with van der Waals surface area (Å²) in [5, 5.41) is 0. The standard InChI is InChI=1S/C23H40O2/c1-3-5-6-7-8-9-10-11-12-13-14-15-16-17-18-19-20-21-22-23(24)25-4-2/h10-13,18-19H,3-9,14-17,20-22H2,1-2H3/b11-10+,13-12+,19-18-. The Hall–Kier alpha value is -1.31. The zero-order chi connectivity index (χ0) is 18.4. The number of hydrogen-bond donors (Lipinski definition) is 0. The molecule has 2 nitrogen and oxygen atoms in total. The molecule has 0 aromatic heterocycles. The van der Waals surface area contributed by atoms with Crippen molar-refractivity contribution in [1.29, 1.82) is 0 Å². The van der Waals surface area contributed by atoms with Crippen LogP contribution in [0.5, 0.6) is 0 Å². The lowest BCUT2D eigenvalue weighted by Gasteiger charge is -1.99. The average molecular weight is 349 g/mol. The van der Waals surface area contributed by atoms with Gasteiger partial charge in [-0.25, -0.2) is 0 Å². The van der Waals surface area contributed by atoms with Gasteiger partial charge in [-0.3, -0.25) is 4.79 Å². The molecule has 0 bridgehead atoms. The van der Waals surface area contributed by atoms with Crippen molar-refractivity contribution in [2.45, 2.75) is 97.3 Å². The highest BCUT2D eigenvalue weighted by Crippen LogP contribution is 2.06. The van der Waals surface area contributed by atoms with E-state index >= 15 is 0 Å². The molecule has 0 rings (SSSR count). The summed E-state index contributed by atoms with van der Waals surface area (Å²) in [6.07, 6.45) is 28.6. The van der Waals surface area contributed by atoms with E-state index in [1.54, 1.807) is 0 Å². The minimum Gasteiger partial charge on any atom is -0.466 e. The van der Waals surface area contributed by atoms with Gasteiger partial charge in [0.1, 0.15) is 0 Å². The maximum absolute atomic E-state index is 11.2. The lowest BCUT2D eigenvalue weighted by Crippen LogP contribution is -2.02. The number of ether oxygens (including phenoxy) is 1. The quantitative estimate of drug-likeness (QED) is 0.119. The zero-order valence-electron chi connectivity index (χ0n) is 16.7. The summed E-state index contributed by atoms with van der Waals surface area (Å²) in [7, 11) is 0. The number of unbranched alkanes of at least 4 members (excludes halogenated alkanes) is 9. The second kappa shape index (κ2) is 20.7. The fraction of sp³-hybridized carbons (Fsp3) is 0.696. The van der Waals surface area contributed by atoms with Crippen molar-refractivity contribution in [2.75, 3.05) is 6.61 Å². The molecule has 144 valence electrons. The topological polar surface area (TPSA) is 26.3 Å². The largest absolute Gasteiger partial charge is 0.466 e. The van der Waals surface area contributed by atoms with Crippen LogP contribution in [0.4, 0.5) is 0 Å². The summed E-state index contributed by atoms with van der Waals surface area (Å²) < 4.78 is 4.90. The Morgan fingerprint density at radius 3 is 1.80 bits per heavy atom. The van der Waals surface area contributed by atoms with Crippen molar-refractivity contribution >= 4 is 5.97 Å². The summed E-state index contributed by atoms with van der Waals surface area (Å²) in [6.45, 7) is 4.59. The van der Waals surface area contributed by atoms with Crippen molar-refractivity contribution in [1.82, 2.24) is 0 Å². The molecule has 0 N–H and O–H groups in total. The maximum atomic E-state index is 11.2. The normalized spacial score (nSPS) is 11.9. The molecular formula is C23H40O2. The second-order valence-corrected chi connectivity index (χ2v) is 6.51. The van der Waals surface area contributed by atoms with Gasteiger partial charge in [-0.05, 0) is 58.3 Å². The Bertz CT molecular complexity index is 366. The van der Waals surface area contributed by atoms with Gasteiger partial charge in [0.25, 0.3) is 0 Å². The van der Waals surface area contributed by atoms with Gasteiger partial charge in [0.2, 0.25) is 0 Å². The highest BCUT2D eigenvalue weighted by molar-refractivity contribution is 5.69. The molecule has 25 heavy (non-hydrogen) atoms. The van der Waals surface area contributed by atoms with Crippen LogP contribution in [0.1, 0.15) is 97.3 Å². The number of hydrogen-bond acceptors (Lipinski definition) is 2. The molecule has 0 heterocycles. The SMILES string of the molecule is CCCCCCC/C=C/C=C/CCCC/C=C\CCCC(=O)OCC. The van der Waals surface area contributed by atoms with Crippen LogP contribution in [0.25, 0.3) is 0 Å². The Morgan fingerprint density at radius 2 is 1.20 bits per heavy atom. The van der Waals surface area contributed by atoms with Crippen LogP contribution in [0.15, 0.2) is 36.5 Å². The van der Waals surface area contributed by atoms with Crippen molar-refractivity contribution in [2.24, 2.45) is 0 Å². The molecule has 0 spiro atoms. The van der Waals surface area contributed by atoms with Crippen LogP contribution in [0.3, 0.4) is 0 Å². The molecule has 0 aliphatic carbocycles. The zero-order valence-corrected chi connectivity index (χ0v) is 16.7. The van der Waals surface area contributed by atoms with E-state index in [-0.39, 0.29) is 5.97 Å².